The summed E-state index contributed by atoms with van der Waals surface area (Å²) in [5.74, 6) is 0. The molecular formula is C10H21N. The third-order valence-electron chi connectivity index (χ3n) is 2.29. The largest absolute Gasteiger partial charge is 0.316 e. The molecule has 0 aromatic carbocycles. The summed E-state index contributed by atoms with van der Waals surface area (Å²) < 4.78 is 0. The molecule has 1 nitrogen and oxygen atoms in total. The highest BCUT2D eigenvalue weighted by Gasteiger charge is 2.18. The summed E-state index contributed by atoms with van der Waals surface area (Å²) in [6.07, 6.45) is 4.34. The topological polar surface area (TPSA) is 12.0 Å². The molecule has 0 aromatic rings. The average molecular weight is 155 g/mol. The molecule has 0 aromatic heterocycles. The molecule has 11 heavy (non-hydrogen) atoms. The van der Waals surface area contributed by atoms with Gasteiger partial charge in [-0.05, 0) is 24.8 Å². The van der Waals surface area contributed by atoms with E-state index in [-0.39, 0.29) is 0 Å². The van der Waals surface area contributed by atoms with Gasteiger partial charge >= 0.3 is 0 Å². The summed E-state index contributed by atoms with van der Waals surface area (Å²) in [6, 6.07) is 0. The zero-order chi connectivity index (χ0) is 8.74. The van der Waals surface area contributed by atoms with Crippen LogP contribution in [0.3, 0.4) is 0 Å². The van der Waals surface area contributed by atoms with Gasteiger partial charge in [0.05, 0.1) is 0 Å². The Balaban J connectivity index is 3.77. The van der Waals surface area contributed by atoms with Crippen molar-refractivity contribution in [2.45, 2.75) is 33.6 Å². The van der Waals surface area contributed by atoms with Gasteiger partial charge in [0.25, 0.3) is 0 Å². The van der Waals surface area contributed by atoms with Gasteiger partial charge < -0.3 is 5.32 Å². The highest BCUT2D eigenvalue weighted by atomic mass is 14.9. The van der Waals surface area contributed by atoms with E-state index in [0.717, 1.165) is 19.5 Å². The number of hydrogen-bond donors (Lipinski definition) is 1. The molecule has 1 atom stereocenters. The van der Waals surface area contributed by atoms with Crippen LogP contribution in [0.5, 0.6) is 0 Å². The number of nitrogens with one attached hydrogen (secondary N) is 1. The molecular weight excluding hydrogens is 134 g/mol. The first-order valence-electron chi connectivity index (χ1n) is 4.50. The Hall–Kier alpha value is -0.300. The fraction of sp³-hybridized carbons (Fsp3) is 0.800. The molecule has 0 aliphatic rings. The van der Waals surface area contributed by atoms with Gasteiger partial charge in [0.2, 0.25) is 0 Å². The second kappa shape index (κ2) is 5.36. The quantitative estimate of drug-likeness (QED) is 0.581. The average Bonchev–Trinajstić information content (AvgIpc) is 2.02. The molecule has 0 bridgehead atoms. The molecule has 66 valence electrons. The number of rotatable bonds is 6. The minimum atomic E-state index is 0.414. The first-order chi connectivity index (χ1) is 5.18. The van der Waals surface area contributed by atoms with Gasteiger partial charge in [0, 0.05) is 6.54 Å². The molecule has 1 heteroatoms. The van der Waals surface area contributed by atoms with Crippen LogP contribution >= 0.6 is 0 Å². The minimum Gasteiger partial charge on any atom is -0.316 e. The SMILES string of the molecule is C=CC[C@](C)(CC)CNCC. The van der Waals surface area contributed by atoms with Crippen LogP contribution in [0.2, 0.25) is 0 Å². The molecule has 0 heterocycles. The van der Waals surface area contributed by atoms with Gasteiger partial charge in [-0.1, -0.05) is 26.8 Å². The standard InChI is InChI=1S/C10H21N/c1-5-8-10(4,6-2)9-11-7-3/h5,11H,1,6-9H2,2-4H3/t10-/m0/s1. The van der Waals surface area contributed by atoms with Crippen molar-refractivity contribution >= 4 is 0 Å². The Morgan fingerprint density at radius 2 is 2.09 bits per heavy atom. The molecule has 0 fully saturated rings. The molecule has 0 unspecified atom stereocenters. The van der Waals surface area contributed by atoms with Gasteiger partial charge in [0.15, 0.2) is 0 Å². The fourth-order valence-electron chi connectivity index (χ4n) is 1.12. The number of allylic oxidation sites excluding steroid dienone is 1. The van der Waals surface area contributed by atoms with Crippen molar-refractivity contribution in [2.75, 3.05) is 13.1 Å². The van der Waals surface area contributed by atoms with E-state index in [1.54, 1.807) is 0 Å². The molecule has 0 saturated heterocycles. The third kappa shape index (κ3) is 4.20. The van der Waals surface area contributed by atoms with Gasteiger partial charge in [-0.15, -0.1) is 6.58 Å². The number of hydrogen-bond acceptors (Lipinski definition) is 1. The van der Waals surface area contributed by atoms with Crippen LogP contribution in [0.4, 0.5) is 0 Å². The Morgan fingerprint density at radius 1 is 1.45 bits per heavy atom. The minimum absolute atomic E-state index is 0.414. The maximum absolute atomic E-state index is 3.77. The zero-order valence-corrected chi connectivity index (χ0v) is 8.11. The smallest absolute Gasteiger partial charge is 0.000791 e. The molecule has 0 spiro atoms. The summed E-state index contributed by atoms with van der Waals surface area (Å²) in [5.41, 5.74) is 0.414. The van der Waals surface area contributed by atoms with Crippen molar-refractivity contribution in [2.24, 2.45) is 5.41 Å². The lowest BCUT2D eigenvalue weighted by Crippen LogP contribution is -2.30. The second-order valence-corrected chi connectivity index (χ2v) is 3.44. The molecule has 0 radical (unpaired) electrons. The molecule has 0 aliphatic carbocycles. The molecule has 1 N–H and O–H groups in total. The Morgan fingerprint density at radius 3 is 2.45 bits per heavy atom. The van der Waals surface area contributed by atoms with E-state index < -0.39 is 0 Å². The van der Waals surface area contributed by atoms with Crippen LogP contribution in [-0.4, -0.2) is 13.1 Å². The monoisotopic (exact) mass is 155 g/mol. The summed E-state index contributed by atoms with van der Waals surface area (Å²) in [6.45, 7) is 12.6. The maximum Gasteiger partial charge on any atom is 0.000791 e. The van der Waals surface area contributed by atoms with Crippen LogP contribution in [-0.2, 0) is 0 Å². The lowest BCUT2D eigenvalue weighted by Gasteiger charge is -2.26. The van der Waals surface area contributed by atoms with E-state index >= 15 is 0 Å². The molecule has 0 saturated carbocycles. The summed E-state index contributed by atoms with van der Waals surface area (Å²) in [5, 5.41) is 3.38. The summed E-state index contributed by atoms with van der Waals surface area (Å²) in [7, 11) is 0. The van der Waals surface area contributed by atoms with Crippen molar-refractivity contribution in [3.8, 4) is 0 Å². The summed E-state index contributed by atoms with van der Waals surface area (Å²) in [4.78, 5) is 0. The summed E-state index contributed by atoms with van der Waals surface area (Å²) >= 11 is 0. The molecule has 0 rings (SSSR count). The first kappa shape index (κ1) is 10.7. The second-order valence-electron chi connectivity index (χ2n) is 3.44. The van der Waals surface area contributed by atoms with Crippen LogP contribution in [0, 0.1) is 5.41 Å². The van der Waals surface area contributed by atoms with Crippen molar-refractivity contribution in [1.82, 2.24) is 5.32 Å². The molecule has 0 amide bonds. The lowest BCUT2D eigenvalue weighted by molar-refractivity contribution is 0.299. The van der Waals surface area contributed by atoms with Gasteiger partial charge in [-0.3, -0.25) is 0 Å². The van der Waals surface area contributed by atoms with E-state index in [0.29, 0.717) is 5.41 Å². The van der Waals surface area contributed by atoms with E-state index in [2.05, 4.69) is 32.7 Å². The van der Waals surface area contributed by atoms with Crippen molar-refractivity contribution in [1.29, 1.82) is 0 Å². The van der Waals surface area contributed by atoms with Gasteiger partial charge in [-0.2, -0.15) is 0 Å². The van der Waals surface area contributed by atoms with E-state index in [1.165, 1.54) is 6.42 Å². The highest BCUT2D eigenvalue weighted by molar-refractivity contribution is 4.83. The Kier molecular flexibility index (Phi) is 5.22. The zero-order valence-electron chi connectivity index (χ0n) is 8.11. The Labute approximate surface area is 70.9 Å². The van der Waals surface area contributed by atoms with E-state index in [1.807, 2.05) is 6.08 Å². The predicted molar refractivity (Wildman–Crippen MR) is 51.8 cm³/mol. The van der Waals surface area contributed by atoms with Crippen LogP contribution in [0.25, 0.3) is 0 Å². The van der Waals surface area contributed by atoms with Crippen molar-refractivity contribution < 1.29 is 0 Å². The van der Waals surface area contributed by atoms with Crippen molar-refractivity contribution in [3.63, 3.8) is 0 Å². The Bertz CT molecular complexity index is 109. The lowest BCUT2D eigenvalue weighted by atomic mass is 9.84. The van der Waals surface area contributed by atoms with Gasteiger partial charge in [-0.25, -0.2) is 0 Å². The van der Waals surface area contributed by atoms with E-state index in [9.17, 15) is 0 Å². The fourth-order valence-corrected chi connectivity index (χ4v) is 1.12. The maximum atomic E-state index is 3.77. The molecule has 0 aliphatic heterocycles. The van der Waals surface area contributed by atoms with Crippen LogP contribution < -0.4 is 5.32 Å². The first-order valence-corrected chi connectivity index (χ1v) is 4.50. The third-order valence-corrected chi connectivity index (χ3v) is 2.29. The predicted octanol–water partition coefficient (Wildman–Crippen LogP) is 2.59. The van der Waals surface area contributed by atoms with Crippen LogP contribution in [0.1, 0.15) is 33.6 Å². The van der Waals surface area contributed by atoms with Crippen LogP contribution in [0.15, 0.2) is 12.7 Å². The van der Waals surface area contributed by atoms with Crippen molar-refractivity contribution in [3.05, 3.63) is 12.7 Å². The van der Waals surface area contributed by atoms with E-state index in [4.69, 9.17) is 0 Å². The highest BCUT2D eigenvalue weighted by Crippen LogP contribution is 2.24. The normalized spacial score (nSPS) is 15.9. The van der Waals surface area contributed by atoms with Gasteiger partial charge in [0.1, 0.15) is 0 Å².